The minimum atomic E-state index is 0.500. The smallest absolute Gasteiger partial charge is 0.0586 e. The van der Waals surface area contributed by atoms with Crippen molar-refractivity contribution in [2.24, 2.45) is 11.8 Å². The molecular weight excluding hydrogens is 198 g/mol. The van der Waals surface area contributed by atoms with Crippen LogP contribution in [0.25, 0.3) is 0 Å². The van der Waals surface area contributed by atoms with Crippen LogP contribution in [-0.2, 0) is 4.74 Å². The van der Waals surface area contributed by atoms with Crippen molar-refractivity contribution in [1.82, 2.24) is 5.32 Å². The average Bonchev–Trinajstić information content (AvgIpc) is 2.61. The molecule has 5 atom stereocenters. The normalized spacial score (nSPS) is 44.8. The lowest BCUT2D eigenvalue weighted by atomic mass is 9.90. The minimum Gasteiger partial charge on any atom is -0.381 e. The van der Waals surface area contributed by atoms with Gasteiger partial charge in [0, 0.05) is 19.2 Å². The monoisotopic (exact) mass is 225 g/mol. The number of methoxy groups -OCH3 is 1. The van der Waals surface area contributed by atoms with Gasteiger partial charge in [-0.1, -0.05) is 13.8 Å². The highest BCUT2D eigenvalue weighted by atomic mass is 16.5. The Balaban J connectivity index is 1.80. The van der Waals surface area contributed by atoms with Crippen LogP contribution in [0.4, 0.5) is 0 Å². The highest BCUT2D eigenvalue weighted by Crippen LogP contribution is 2.32. The van der Waals surface area contributed by atoms with Crippen LogP contribution in [0.1, 0.15) is 52.4 Å². The van der Waals surface area contributed by atoms with Crippen molar-refractivity contribution in [3.63, 3.8) is 0 Å². The predicted octanol–water partition coefficient (Wildman–Crippen LogP) is 2.97. The van der Waals surface area contributed by atoms with Gasteiger partial charge in [-0.15, -0.1) is 0 Å². The third-order valence-corrected chi connectivity index (χ3v) is 4.87. The topological polar surface area (TPSA) is 21.3 Å². The molecular formula is C14H27NO. The summed E-state index contributed by atoms with van der Waals surface area (Å²) < 4.78 is 5.49. The van der Waals surface area contributed by atoms with Gasteiger partial charge in [-0.25, -0.2) is 0 Å². The predicted molar refractivity (Wildman–Crippen MR) is 67.5 cm³/mol. The van der Waals surface area contributed by atoms with Crippen LogP contribution in [0.3, 0.4) is 0 Å². The molecule has 16 heavy (non-hydrogen) atoms. The fourth-order valence-corrected chi connectivity index (χ4v) is 3.41. The van der Waals surface area contributed by atoms with Gasteiger partial charge in [0.15, 0.2) is 0 Å². The molecule has 0 aromatic carbocycles. The summed E-state index contributed by atoms with van der Waals surface area (Å²) in [6, 6.07) is 1.46. The van der Waals surface area contributed by atoms with Gasteiger partial charge in [0.2, 0.25) is 0 Å². The van der Waals surface area contributed by atoms with E-state index >= 15 is 0 Å². The zero-order chi connectivity index (χ0) is 11.5. The lowest BCUT2D eigenvalue weighted by Gasteiger charge is -2.32. The molecule has 0 bridgehead atoms. The summed E-state index contributed by atoms with van der Waals surface area (Å²) in [5, 5.41) is 3.88. The molecule has 2 fully saturated rings. The SMILES string of the molecule is COC1CCCC(NC2CCC(C)C2C)C1. The van der Waals surface area contributed by atoms with Gasteiger partial charge >= 0.3 is 0 Å². The first-order valence-electron chi connectivity index (χ1n) is 6.99. The van der Waals surface area contributed by atoms with Gasteiger partial charge in [0.05, 0.1) is 6.10 Å². The first-order valence-corrected chi connectivity index (χ1v) is 6.99. The van der Waals surface area contributed by atoms with Gasteiger partial charge in [0.25, 0.3) is 0 Å². The summed E-state index contributed by atoms with van der Waals surface area (Å²) >= 11 is 0. The fourth-order valence-electron chi connectivity index (χ4n) is 3.41. The van der Waals surface area contributed by atoms with E-state index in [1.807, 2.05) is 7.11 Å². The molecule has 2 aliphatic carbocycles. The summed E-state index contributed by atoms with van der Waals surface area (Å²) in [5.41, 5.74) is 0. The average molecular weight is 225 g/mol. The molecule has 0 saturated heterocycles. The molecule has 0 amide bonds. The maximum Gasteiger partial charge on any atom is 0.0586 e. The van der Waals surface area contributed by atoms with E-state index in [1.165, 1.54) is 38.5 Å². The molecule has 0 aliphatic heterocycles. The van der Waals surface area contributed by atoms with Crippen LogP contribution in [0.2, 0.25) is 0 Å². The number of hydrogen-bond donors (Lipinski definition) is 1. The van der Waals surface area contributed by atoms with Crippen molar-refractivity contribution >= 4 is 0 Å². The second kappa shape index (κ2) is 5.50. The third kappa shape index (κ3) is 2.78. The Morgan fingerprint density at radius 1 is 1.06 bits per heavy atom. The number of rotatable bonds is 3. The van der Waals surface area contributed by atoms with E-state index in [0.29, 0.717) is 12.1 Å². The van der Waals surface area contributed by atoms with Crippen molar-refractivity contribution < 1.29 is 4.74 Å². The second-order valence-electron chi connectivity index (χ2n) is 5.91. The zero-order valence-electron chi connectivity index (χ0n) is 11.0. The van der Waals surface area contributed by atoms with Crippen LogP contribution >= 0.6 is 0 Å². The number of ether oxygens (including phenoxy) is 1. The van der Waals surface area contributed by atoms with Crippen LogP contribution in [0.5, 0.6) is 0 Å². The van der Waals surface area contributed by atoms with Gasteiger partial charge < -0.3 is 10.1 Å². The Morgan fingerprint density at radius 2 is 1.88 bits per heavy atom. The van der Waals surface area contributed by atoms with E-state index in [2.05, 4.69) is 19.2 Å². The maximum absolute atomic E-state index is 5.49. The largest absolute Gasteiger partial charge is 0.381 e. The molecule has 2 nitrogen and oxygen atoms in total. The molecule has 2 saturated carbocycles. The first kappa shape index (κ1) is 12.4. The molecule has 2 rings (SSSR count). The molecule has 0 spiro atoms. The first-order chi connectivity index (χ1) is 7.70. The van der Waals surface area contributed by atoms with Crippen LogP contribution in [-0.4, -0.2) is 25.3 Å². The Morgan fingerprint density at radius 3 is 2.50 bits per heavy atom. The molecule has 0 aromatic rings. The van der Waals surface area contributed by atoms with Gasteiger partial charge in [-0.05, 0) is 50.4 Å². The highest BCUT2D eigenvalue weighted by Gasteiger charge is 2.32. The lowest BCUT2D eigenvalue weighted by molar-refractivity contribution is 0.0558. The molecule has 2 heteroatoms. The third-order valence-electron chi connectivity index (χ3n) is 4.87. The molecule has 0 aromatic heterocycles. The summed E-state index contributed by atoms with van der Waals surface area (Å²) in [5.74, 6) is 1.75. The standard InChI is InChI=1S/C14H27NO/c1-10-7-8-14(11(10)2)15-12-5-4-6-13(9-12)16-3/h10-15H,4-9H2,1-3H3. The van der Waals surface area contributed by atoms with Crippen LogP contribution in [0, 0.1) is 11.8 Å². The van der Waals surface area contributed by atoms with Crippen LogP contribution in [0.15, 0.2) is 0 Å². The van der Waals surface area contributed by atoms with Gasteiger partial charge in [-0.3, -0.25) is 0 Å². The van der Waals surface area contributed by atoms with E-state index in [-0.39, 0.29) is 0 Å². The van der Waals surface area contributed by atoms with Crippen LogP contribution < -0.4 is 5.32 Å². The van der Waals surface area contributed by atoms with Crippen molar-refractivity contribution in [1.29, 1.82) is 0 Å². The summed E-state index contributed by atoms with van der Waals surface area (Å²) in [6.45, 7) is 4.80. The van der Waals surface area contributed by atoms with Gasteiger partial charge in [0.1, 0.15) is 0 Å². The molecule has 2 aliphatic rings. The molecule has 94 valence electrons. The highest BCUT2D eigenvalue weighted by molar-refractivity contribution is 4.89. The van der Waals surface area contributed by atoms with E-state index in [9.17, 15) is 0 Å². The Bertz CT molecular complexity index is 219. The molecule has 0 radical (unpaired) electrons. The Labute approximate surface area is 100 Å². The molecule has 0 heterocycles. The minimum absolute atomic E-state index is 0.500. The Hall–Kier alpha value is -0.0800. The van der Waals surface area contributed by atoms with Crippen molar-refractivity contribution in [3.8, 4) is 0 Å². The molecule has 1 N–H and O–H groups in total. The summed E-state index contributed by atoms with van der Waals surface area (Å²) in [7, 11) is 1.85. The van der Waals surface area contributed by atoms with E-state index in [4.69, 9.17) is 4.74 Å². The van der Waals surface area contributed by atoms with Crippen molar-refractivity contribution in [3.05, 3.63) is 0 Å². The fraction of sp³-hybridized carbons (Fsp3) is 1.00. The summed E-state index contributed by atoms with van der Waals surface area (Å²) in [6.07, 6.45) is 8.42. The zero-order valence-corrected chi connectivity index (χ0v) is 11.0. The maximum atomic E-state index is 5.49. The van der Waals surface area contributed by atoms with Crippen molar-refractivity contribution in [2.45, 2.75) is 70.6 Å². The Kier molecular flexibility index (Phi) is 4.26. The van der Waals surface area contributed by atoms with E-state index < -0.39 is 0 Å². The van der Waals surface area contributed by atoms with E-state index in [0.717, 1.165) is 17.9 Å². The molecule has 5 unspecified atom stereocenters. The number of nitrogens with one attached hydrogen (secondary N) is 1. The van der Waals surface area contributed by atoms with Crippen molar-refractivity contribution in [2.75, 3.05) is 7.11 Å². The van der Waals surface area contributed by atoms with Gasteiger partial charge in [-0.2, -0.15) is 0 Å². The lowest BCUT2D eigenvalue weighted by Crippen LogP contribution is -2.44. The van der Waals surface area contributed by atoms with E-state index in [1.54, 1.807) is 0 Å². The second-order valence-corrected chi connectivity index (χ2v) is 5.91. The number of hydrogen-bond acceptors (Lipinski definition) is 2. The summed E-state index contributed by atoms with van der Waals surface area (Å²) in [4.78, 5) is 0. The quantitative estimate of drug-likeness (QED) is 0.797.